The standard InChI is InChI=1S/C16H21N3O/c1-11(2)20-16-13(6-5-9-18-16)10-19-15-8-4-7-14(17)12(15)3/h4-9,11,19H,10,17H2,1-3H3. The van der Waals surface area contributed by atoms with Crippen molar-refractivity contribution in [3.05, 3.63) is 47.7 Å². The summed E-state index contributed by atoms with van der Waals surface area (Å²) in [7, 11) is 0. The van der Waals surface area contributed by atoms with E-state index in [1.807, 2.05) is 51.1 Å². The number of hydrogen-bond donors (Lipinski definition) is 2. The lowest BCUT2D eigenvalue weighted by Gasteiger charge is -2.15. The van der Waals surface area contributed by atoms with Crippen LogP contribution in [-0.4, -0.2) is 11.1 Å². The highest BCUT2D eigenvalue weighted by Crippen LogP contribution is 2.23. The molecule has 0 atom stereocenters. The van der Waals surface area contributed by atoms with Gasteiger partial charge in [-0.1, -0.05) is 12.1 Å². The van der Waals surface area contributed by atoms with Crippen molar-refractivity contribution in [1.29, 1.82) is 0 Å². The highest BCUT2D eigenvalue weighted by Gasteiger charge is 2.07. The molecule has 0 fully saturated rings. The smallest absolute Gasteiger partial charge is 0.218 e. The molecule has 4 heteroatoms. The van der Waals surface area contributed by atoms with Crippen LogP contribution in [0, 0.1) is 6.92 Å². The second-order valence-electron chi connectivity index (χ2n) is 5.01. The molecule has 0 unspecified atom stereocenters. The lowest BCUT2D eigenvalue weighted by Crippen LogP contribution is -2.11. The van der Waals surface area contributed by atoms with Crippen molar-refractivity contribution in [2.75, 3.05) is 11.1 Å². The third-order valence-electron chi connectivity index (χ3n) is 3.04. The van der Waals surface area contributed by atoms with E-state index in [0.29, 0.717) is 12.4 Å². The summed E-state index contributed by atoms with van der Waals surface area (Å²) < 4.78 is 5.71. The van der Waals surface area contributed by atoms with Crippen LogP contribution in [0.1, 0.15) is 25.0 Å². The van der Waals surface area contributed by atoms with Crippen molar-refractivity contribution in [2.24, 2.45) is 0 Å². The van der Waals surface area contributed by atoms with Gasteiger partial charge >= 0.3 is 0 Å². The molecule has 0 spiro atoms. The molecule has 0 bridgehead atoms. The second-order valence-corrected chi connectivity index (χ2v) is 5.01. The quantitative estimate of drug-likeness (QED) is 0.818. The minimum atomic E-state index is 0.109. The summed E-state index contributed by atoms with van der Waals surface area (Å²) in [6, 6.07) is 9.79. The van der Waals surface area contributed by atoms with Gasteiger partial charge in [0.2, 0.25) is 5.88 Å². The number of nitrogen functional groups attached to an aromatic ring is 1. The normalized spacial score (nSPS) is 10.6. The van der Waals surface area contributed by atoms with Gasteiger partial charge in [-0.2, -0.15) is 0 Å². The molecule has 3 N–H and O–H groups in total. The van der Waals surface area contributed by atoms with Crippen LogP contribution >= 0.6 is 0 Å². The van der Waals surface area contributed by atoms with Gasteiger partial charge in [-0.05, 0) is 44.5 Å². The Balaban J connectivity index is 2.13. The van der Waals surface area contributed by atoms with Crippen LogP contribution < -0.4 is 15.8 Å². The van der Waals surface area contributed by atoms with Crippen molar-refractivity contribution >= 4 is 11.4 Å². The molecule has 0 saturated carbocycles. The van der Waals surface area contributed by atoms with Gasteiger partial charge in [0.15, 0.2) is 0 Å². The fourth-order valence-electron chi connectivity index (χ4n) is 1.92. The first-order chi connectivity index (χ1) is 9.58. The maximum atomic E-state index is 5.91. The Bertz CT molecular complexity index is 582. The van der Waals surface area contributed by atoms with Gasteiger partial charge in [-0.15, -0.1) is 0 Å². The molecule has 0 radical (unpaired) electrons. The fraction of sp³-hybridized carbons (Fsp3) is 0.312. The highest BCUT2D eigenvalue weighted by molar-refractivity contribution is 5.62. The lowest BCUT2D eigenvalue weighted by molar-refractivity contribution is 0.230. The van der Waals surface area contributed by atoms with E-state index in [2.05, 4.69) is 10.3 Å². The van der Waals surface area contributed by atoms with Crippen LogP contribution in [0.15, 0.2) is 36.5 Å². The Kier molecular flexibility index (Phi) is 4.45. The third-order valence-corrected chi connectivity index (χ3v) is 3.04. The van der Waals surface area contributed by atoms with E-state index in [1.165, 1.54) is 0 Å². The predicted molar refractivity (Wildman–Crippen MR) is 82.9 cm³/mol. The molecule has 1 aromatic carbocycles. The van der Waals surface area contributed by atoms with Crippen LogP contribution in [0.25, 0.3) is 0 Å². The van der Waals surface area contributed by atoms with E-state index in [9.17, 15) is 0 Å². The molecule has 106 valence electrons. The average molecular weight is 271 g/mol. The van der Waals surface area contributed by atoms with E-state index in [-0.39, 0.29) is 6.10 Å². The third kappa shape index (κ3) is 3.41. The minimum absolute atomic E-state index is 0.109. The monoisotopic (exact) mass is 271 g/mol. The van der Waals surface area contributed by atoms with Gasteiger partial charge in [-0.3, -0.25) is 0 Å². The molecule has 1 aromatic heterocycles. The first kappa shape index (κ1) is 14.2. The number of rotatable bonds is 5. The Hall–Kier alpha value is -2.23. The Labute approximate surface area is 120 Å². The first-order valence-electron chi connectivity index (χ1n) is 6.77. The largest absolute Gasteiger partial charge is 0.475 e. The summed E-state index contributed by atoms with van der Waals surface area (Å²) in [5, 5.41) is 3.38. The van der Waals surface area contributed by atoms with Crippen molar-refractivity contribution in [3.8, 4) is 5.88 Å². The van der Waals surface area contributed by atoms with E-state index in [1.54, 1.807) is 6.20 Å². The number of nitrogens with one attached hydrogen (secondary N) is 1. The molecule has 2 rings (SSSR count). The summed E-state index contributed by atoms with van der Waals surface area (Å²) in [5.74, 6) is 0.677. The van der Waals surface area contributed by atoms with Gasteiger partial charge in [-0.25, -0.2) is 4.98 Å². The maximum absolute atomic E-state index is 5.91. The summed E-state index contributed by atoms with van der Waals surface area (Å²) in [6.45, 7) is 6.65. The predicted octanol–water partition coefficient (Wildman–Crippen LogP) is 3.37. The molecule has 1 heterocycles. The maximum Gasteiger partial charge on any atom is 0.218 e. The SMILES string of the molecule is Cc1c(N)cccc1NCc1cccnc1OC(C)C. The molecule has 2 aromatic rings. The zero-order chi connectivity index (χ0) is 14.5. The summed E-state index contributed by atoms with van der Waals surface area (Å²) in [4.78, 5) is 4.28. The zero-order valence-corrected chi connectivity index (χ0v) is 12.2. The molecule has 20 heavy (non-hydrogen) atoms. The first-order valence-corrected chi connectivity index (χ1v) is 6.77. The van der Waals surface area contributed by atoms with Crippen LogP contribution in [0.2, 0.25) is 0 Å². The van der Waals surface area contributed by atoms with Gasteiger partial charge in [0, 0.05) is 29.7 Å². The molecule has 4 nitrogen and oxygen atoms in total. The van der Waals surface area contributed by atoms with Crippen LogP contribution in [-0.2, 0) is 6.54 Å². The Morgan fingerprint density at radius 3 is 2.80 bits per heavy atom. The Morgan fingerprint density at radius 2 is 2.05 bits per heavy atom. The van der Waals surface area contributed by atoms with Crippen LogP contribution in [0.4, 0.5) is 11.4 Å². The van der Waals surface area contributed by atoms with Crippen molar-refractivity contribution < 1.29 is 4.74 Å². The number of benzene rings is 1. The van der Waals surface area contributed by atoms with Crippen molar-refractivity contribution in [2.45, 2.75) is 33.4 Å². The molecular weight excluding hydrogens is 250 g/mol. The zero-order valence-electron chi connectivity index (χ0n) is 12.2. The van der Waals surface area contributed by atoms with Gasteiger partial charge in [0.05, 0.1) is 6.10 Å². The van der Waals surface area contributed by atoms with E-state index >= 15 is 0 Å². The molecule has 0 saturated heterocycles. The van der Waals surface area contributed by atoms with Crippen LogP contribution in [0.5, 0.6) is 5.88 Å². The topological polar surface area (TPSA) is 60.2 Å². The fourth-order valence-corrected chi connectivity index (χ4v) is 1.92. The lowest BCUT2D eigenvalue weighted by atomic mass is 10.1. The highest BCUT2D eigenvalue weighted by atomic mass is 16.5. The molecule has 0 aliphatic carbocycles. The Morgan fingerprint density at radius 1 is 1.25 bits per heavy atom. The number of ether oxygens (including phenoxy) is 1. The van der Waals surface area contributed by atoms with Gasteiger partial charge < -0.3 is 15.8 Å². The number of pyridine rings is 1. The molecule has 0 amide bonds. The van der Waals surface area contributed by atoms with Gasteiger partial charge in [0.25, 0.3) is 0 Å². The summed E-state index contributed by atoms with van der Waals surface area (Å²) in [5.41, 5.74) is 9.82. The number of aromatic nitrogens is 1. The molecule has 0 aliphatic heterocycles. The van der Waals surface area contributed by atoms with Crippen LogP contribution in [0.3, 0.4) is 0 Å². The number of nitrogens with zero attached hydrogens (tertiary/aromatic N) is 1. The van der Waals surface area contributed by atoms with Crippen molar-refractivity contribution in [3.63, 3.8) is 0 Å². The van der Waals surface area contributed by atoms with E-state index < -0.39 is 0 Å². The number of nitrogens with two attached hydrogens (primary N) is 1. The van der Waals surface area contributed by atoms with Crippen molar-refractivity contribution in [1.82, 2.24) is 4.98 Å². The van der Waals surface area contributed by atoms with Gasteiger partial charge in [0.1, 0.15) is 0 Å². The minimum Gasteiger partial charge on any atom is -0.475 e. The molecular formula is C16H21N3O. The van der Waals surface area contributed by atoms with E-state index in [4.69, 9.17) is 10.5 Å². The summed E-state index contributed by atoms with van der Waals surface area (Å²) >= 11 is 0. The average Bonchev–Trinajstić information content (AvgIpc) is 2.41. The number of hydrogen-bond acceptors (Lipinski definition) is 4. The van der Waals surface area contributed by atoms with E-state index in [0.717, 1.165) is 22.5 Å². The molecule has 0 aliphatic rings. The second kappa shape index (κ2) is 6.28. The number of anilines is 2. The summed E-state index contributed by atoms with van der Waals surface area (Å²) in [6.07, 6.45) is 1.85.